The zero-order valence-corrected chi connectivity index (χ0v) is 16.8. The number of alkyl halides is 3. The summed E-state index contributed by atoms with van der Waals surface area (Å²) in [6, 6.07) is 6.06. The number of nitrogens with one attached hydrogen (secondary N) is 1. The second-order valence-corrected chi connectivity index (χ2v) is 6.86. The van der Waals surface area contributed by atoms with Gasteiger partial charge in [-0.25, -0.2) is 0 Å². The van der Waals surface area contributed by atoms with Gasteiger partial charge >= 0.3 is 6.18 Å². The third-order valence-corrected chi connectivity index (χ3v) is 4.45. The zero-order valence-electron chi connectivity index (χ0n) is 16.1. The predicted molar refractivity (Wildman–Crippen MR) is 105 cm³/mol. The van der Waals surface area contributed by atoms with Crippen LogP contribution in [0.4, 0.5) is 13.2 Å². The van der Waals surface area contributed by atoms with Crippen LogP contribution in [0.2, 0.25) is 5.02 Å². The molecule has 0 spiro atoms. The van der Waals surface area contributed by atoms with Crippen molar-refractivity contribution in [3.05, 3.63) is 70.3 Å². The van der Waals surface area contributed by atoms with Crippen molar-refractivity contribution in [2.45, 2.75) is 26.3 Å². The molecule has 0 saturated heterocycles. The maximum atomic E-state index is 12.6. The number of hydrogen-bond acceptors (Lipinski definition) is 6. The molecule has 0 aliphatic heterocycles. The Labute approximate surface area is 179 Å². The minimum absolute atomic E-state index is 0.0518. The van der Waals surface area contributed by atoms with Crippen molar-refractivity contribution in [1.29, 1.82) is 0 Å². The Bertz CT molecular complexity index is 1110. The van der Waals surface area contributed by atoms with Crippen molar-refractivity contribution >= 4 is 23.1 Å². The number of amides is 1. The lowest BCUT2D eigenvalue weighted by Gasteiger charge is -2.08. The van der Waals surface area contributed by atoms with Gasteiger partial charge in [-0.15, -0.1) is 10.2 Å². The van der Waals surface area contributed by atoms with Gasteiger partial charge in [-0.05, 0) is 36.3 Å². The number of rotatable bonds is 6. The van der Waals surface area contributed by atoms with Gasteiger partial charge in [0, 0.05) is 18.8 Å². The number of halogens is 4. The highest BCUT2D eigenvalue weighted by Crippen LogP contribution is 2.29. The van der Waals surface area contributed by atoms with Crippen LogP contribution < -0.4 is 5.32 Å². The van der Waals surface area contributed by atoms with Gasteiger partial charge in [-0.2, -0.15) is 13.2 Å². The van der Waals surface area contributed by atoms with Crippen molar-refractivity contribution in [2.75, 3.05) is 0 Å². The Balaban J connectivity index is 1.65. The van der Waals surface area contributed by atoms with E-state index in [2.05, 4.69) is 20.5 Å². The van der Waals surface area contributed by atoms with Gasteiger partial charge in [-0.1, -0.05) is 23.7 Å². The molecule has 0 radical (unpaired) electrons. The monoisotopic (exact) mass is 452 g/mol. The van der Waals surface area contributed by atoms with Crippen LogP contribution in [0.25, 0.3) is 17.0 Å². The van der Waals surface area contributed by atoms with Crippen LogP contribution in [0.3, 0.4) is 0 Å². The van der Waals surface area contributed by atoms with Crippen LogP contribution in [0, 0.1) is 0 Å². The minimum atomic E-state index is -4.41. The number of nitrogens with zero attached hydrogens (tertiary/aromatic N) is 3. The van der Waals surface area contributed by atoms with Crippen molar-refractivity contribution in [3.63, 3.8) is 0 Å². The molecule has 1 aromatic carbocycles. The number of aromatic nitrogens is 3. The standard InChI is InChI=1S/C20H16ClF3N4O3/c1-11(6-16(30)25-8-12-2-4-14(5-3-12)20(22,23)24)18-15(21)7-13(9-26-18)19-28-27-17(10-29)31-19/h2-7,9,29H,8,10H2,1H3,(H,25,30)/b11-6-. The number of carbonyl (C=O) groups excluding carboxylic acids is 1. The molecule has 0 aliphatic carbocycles. The predicted octanol–water partition coefficient (Wildman–Crippen LogP) is 4.02. The molecule has 2 N–H and O–H groups in total. The number of pyridine rings is 1. The summed E-state index contributed by atoms with van der Waals surface area (Å²) < 4.78 is 43.0. The van der Waals surface area contributed by atoms with E-state index in [1.165, 1.54) is 30.5 Å². The molecule has 7 nitrogen and oxygen atoms in total. The first-order valence-corrected chi connectivity index (χ1v) is 9.27. The molecule has 2 heterocycles. The van der Waals surface area contributed by atoms with Gasteiger partial charge < -0.3 is 14.8 Å². The maximum Gasteiger partial charge on any atom is 0.416 e. The Morgan fingerprint density at radius 3 is 2.55 bits per heavy atom. The Morgan fingerprint density at radius 2 is 1.97 bits per heavy atom. The van der Waals surface area contributed by atoms with E-state index in [0.29, 0.717) is 22.4 Å². The van der Waals surface area contributed by atoms with Gasteiger partial charge in [0.2, 0.25) is 17.7 Å². The van der Waals surface area contributed by atoms with Gasteiger partial charge in [0.25, 0.3) is 0 Å². The molecule has 162 valence electrons. The molecule has 0 saturated carbocycles. The molecule has 0 fully saturated rings. The summed E-state index contributed by atoms with van der Waals surface area (Å²) in [6.07, 6.45) is -1.68. The first-order chi connectivity index (χ1) is 14.7. The third kappa shape index (κ3) is 5.68. The van der Waals surface area contributed by atoms with E-state index in [4.69, 9.17) is 21.1 Å². The van der Waals surface area contributed by atoms with Crippen LogP contribution in [0.5, 0.6) is 0 Å². The number of allylic oxidation sites excluding steroid dienone is 1. The molecule has 31 heavy (non-hydrogen) atoms. The molecule has 3 aromatic rings. The summed E-state index contributed by atoms with van der Waals surface area (Å²) in [6.45, 7) is 1.31. The highest BCUT2D eigenvalue weighted by atomic mass is 35.5. The molecular formula is C20H16ClF3N4O3. The van der Waals surface area contributed by atoms with E-state index in [1.54, 1.807) is 6.92 Å². The summed E-state index contributed by atoms with van der Waals surface area (Å²) in [5.41, 5.74) is 1.05. The van der Waals surface area contributed by atoms with Crippen molar-refractivity contribution in [3.8, 4) is 11.5 Å². The van der Waals surface area contributed by atoms with Crippen LogP contribution >= 0.6 is 11.6 Å². The molecule has 0 aliphatic rings. The first-order valence-electron chi connectivity index (χ1n) is 8.89. The smallest absolute Gasteiger partial charge is 0.416 e. The van der Waals surface area contributed by atoms with Crippen molar-refractivity contribution in [2.24, 2.45) is 0 Å². The first kappa shape index (κ1) is 22.4. The number of aliphatic hydroxyl groups excluding tert-OH is 1. The fourth-order valence-corrected chi connectivity index (χ4v) is 2.91. The fourth-order valence-electron chi connectivity index (χ4n) is 2.60. The van der Waals surface area contributed by atoms with Gasteiger partial charge in [0.1, 0.15) is 6.61 Å². The van der Waals surface area contributed by atoms with Crippen molar-refractivity contribution < 1.29 is 27.5 Å². The molecule has 0 bridgehead atoms. The lowest BCUT2D eigenvalue weighted by atomic mass is 10.1. The lowest BCUT2D eigenvalue weighted by Crippen LogP contribution is -2.20. The summed E-state index contributed by atoms with van der Waals surface area (Å²) in [4.78, 5) is 16.4. The summed E-state index contributed by atoms with van der Waals surface area (Å²) >= 11 is 6.26. The number of benzene rings is 1. The summed E-state index contributed by atoms with van der Waals surface area (Å²) in [5.74, 6) is -0.263. The van der Waals surface area contributed by atoms with Crippen LogP contribution in [-0.4, -0.2) is 26.2 Å². The summed E-state index contributed by atoms with van der Waals surface area (Å²) in [7, 11) is 0. The quantitative estimate of drug-likeness (QED) is 0.548. The highest BCUT2D eigenvalue weighted by molar-refractivity contribution is 6.32. The molecular weight excluding hydrogens is 437 g/mol. The Morgan fingerprint density at radius 1 is 1.26 bits per heavy atom. The Kier molecular flexibility index (Phi) is 6.71. The molecule has 11 heteroatoms. The van der Waals surface area contributed by atoms with Gasteiger partial charge in [0.05, 0.1) is 21.8 Å². The molecule has 3 rings (SSSR count). The van der Waals surface area contributed by atoms with E-state index in [1.807, 2.05) is 0 Å². The SMILES string of the molecule is C/C(=C/C(=O)NCc1ccc(C(F)(F)F)cc1)c1ncc(-c2nnc(CO)o2)cc1Cl. The number of carbonyl (C=O) groups is 1. The molecule has 2 aromatic heterocycles. The topological polar surface area (TPSA) is 101 Å². The second-order valence-electron chi connectivity index (χ2n) is 6.45. The third-order valence-electron chi connectivity index (χ3n) is 4.16. The molecule has 0 atom stereocenters. The fraction of sp³-hybridized carbons (Fsp3) is 0.200. The van der Waals surface area contributed by atoms with Gasteiger partial charge in [-0.3, -0.25) is 9.78 Å². The van der Waals surface area contributed by atoms with Gasteiger partial charge in [0.15, 0.2) is 0 Å². The highest BCUT2D eigenvalue weighted by Gasteiger charge is 2.29. The minimum Gasteiger partial charge on any atom is -0.418 e. The maximum absolute atomic E-state index is 12.6. The van der Waals surface area contributed by atoms with Crippen LogP contribution in [0.15, 0.2) is 47.0 Å². The van der Waals surface area contributed by atoms with Crippen LogP contribution in [0.1, 0.15) is 29.6 Å². The largest absolute Gasteiger partial charge is 0.418 e. The molecule has 0 unspecified atom stereocenters. The molecule has 1 amide bonds. The Hall–Kier alpha value is -3.24. The van der Waals surface area contributed by atoms with E-state index < -0.39 is 24.3 Å². The van der Waals surface area contributed by atoms with Crippen LogP contribution in [-0.2, 0) is 24.1 Å². The lowest BCUT2D eigenvalue weighted by molar-refractivity contribution is -0.137. The van der Waals surface area contributed by atoms with E-state index in [0.717, 1.165) is 12.1 Å². The number of aliphatic hydroxyl groups is 1. The summed E-state index contributed by atoms with van der Waals surface area (Å²) in [5, 5.41) is 19.2. The van der Waals surface area contributed by atoms with E-state index in [9.17, 15) is 18.0 Å². The normalized spacial score (nSPS) is 12.1. The second kappa shape index (κ2) is 9.27. The van der Waals surface area contributed by atoms with E-state index in [-0.39, 0.29) is 23.3 Å². The van der Waals surface area contributed by atoms with E-state index >= 15 is 0 Å². The average Bonchev–Trinajstić information content (AvgIpc) is 3.21. The van der Waals surface area contributed by atoms with Crippen molar-refractivity contribution in [1.82, 2.24) is 20.5 Å². The zero-order chi connectivity index (χ0) is 22.6. The number of hydrogen-bond donors (Lipinski definition) is 2. The average molecular weight is 453 g/mol.